The number of rotatable bonds is 16. The van der Waals surface area contributed by atoms with E-state index in [1.54, 1.807) is 0 Å². The summed E-state index contributed by atoms with van der Waals surface area (Å²) < 4.78 is 10.5. The van der Waals surface area contributed by atoms with E-state index in [2.05, 4.69) is 21.3 Å². The Morgan fingerprint density at radius 2 is 1.02 bits per heavy atom. The van der Waals surface area contributed by atoms with E-state index >= 15 is 0 Å². The van der Waals surface area contributed by atoms with Gasteiger partial charge in [0.2, 0.25) is 11.8 Å². The maximum absolute atomic E-state index is 13.0. The van der Waals surface area contributed by atoms with Crippen LogP contribution in [0.4, 0.5) is 9.59 Å². The summed E-state index contributed by atoms with van der Waals surface area (Å²) in [7, 11) is 0. The van der Waals surface area contributed by atoms with Crippen LogP contribution in [0, 0.1) is 11.8 Å². The summed E-state index contributed by atoms with van der Waals surface area (Å²) in [6, 6.07) is 15.5. The zero-order chi connectivity index (χ0) is 31.8. The average Bonchev–Trinajstić information content (AvgIpc) is 2.97. The molecule has 0 bridgehead atoms. The zero-order valence-electron chi connectivity index (χ0n) is 25.6. The van der Waals surface area contributed by atoms with Gasteiger partial charge in [-0.1, -0.05) is 88.4 Å². The summed E-state index contributed by atoms with van der Waals surface area (Å²) in [5.74, 6) is -1.40. The van der Waals surface area contributed by atoms with Crippen LogP contribution in [0.15, 0.2) is 60.7 Å². The number of ketones is 1. The Hall–Kier alpha value is -4.41. The van der Waals surface area contributed by atoms with Crippen LogP contribution in [-0.4, -0.2) is 54.5 Å². The summed E-state index contributed by atoms with van der Waals surface area (Å²) in [5.41, 5.74) is 1.61. The van der Waals surface area contributed by atoms with Crippen LogP contribution in [0.2, 0.25) is 0 Å². The van der Waals surface area contributed by atoms with Gasteiger partial charge in [0, 0.05) is 0 Å². The van der Waals surface area contributed by atoms with Gasteiger partial charge >= 0.3 is 12.2 Å². The van der Waals surface area contributed by atoms with Crippen LogP contribution in [0.3, 0.4) is 0 Å². The summed E-state index contributed by atoms with van der Waals surface area (Å²) in [6.07, 6.45) is -0.841. The molecule has 234 valence electrons. The van der Waals surface area contributed by atoms with Crippen molar-refractivity contribution in [3.63, 3.8) is 0 Å². The molecule has 2 aromatic carbocycles. The number of Topliss-reactive ketones (excluding diaryl/α,β-unsaturated/α-hetero) is 1. The molecule has 4 amide bonds. The van der Waals surface area contributed by atoms with Crippen molar-refractivity contribution in [2.75, 3.05) is 6.54 Å². The largest absolute Gasteiger partial charge is 0.445 e. The van der Waals surface area contributed by atoms with Gasteiger partial charge < -0.3 is 30.7 Å². The molecule has 0 radical (unpaired) electrons. The van der Waals surface area contributed by atoms with Crippen LogP contribution < -0.4 is 21.3 Å². The lowest BCUT2D eigenvalue weighted by Crippen LogP contribution is -2.53. The third kappa shape index (κ3) is 13.9. The fourth-order valence-electron chi connectivity index (χ4n) is 4.06. The number of amides is 4. The minimum atomic E-state index is -0.947. The van der Waals surface area contributed by atoms with Gasteiger partial charge in [0.15, 0.2) is 5.78 Å². The molecule has 0 aromatic heterocycles. The summed E-state index contributed by atoms with van der Waals surface area (Å²) in [5, 5.41) is 10.3. The molecule has 0 fully saturated rings. The average molecular weight is 597 g/mol. The van der Waals surface area contributed by atoms with Crippen LogP contribution >= 0.6 is 0 Å². The van der Waals surface area contributed by atoms with E-state index in [4.69, 9.17) is 9.47 Å². The van der Waals surface area contributed by atoms with E-state index in [9.17, 15) is 24.0 Å². The molecule has 4 N–H and O–H groups in total. The summed E-state index contributed by atoms with van der Waals surface area (Å²) in [6.45, 7) is 8.85. The quantitative estimate of drug-likeness (QED) is 0.230. The van der Waals surface area contributed by atoms with Gasteiger partial charge in [-0.25, -0.2) is 9.59 Å². The molecule has 0 saturated heterocycles. The Morgan fingerprint density at radius 3 is 1.44 bits per heavy atom. The van der Waals surface area contributed by atoms with Crippen LogP contribution in [-0.2, 0) is 37.1 Å². The minimum absolute atomic E-state index is 0.0503. The first-order chi connectivity index (χ1) is 20.4. The van der Waals surface area contributed by atoms with Crippen molar-refractivity contribution >= 4 is 29.8 Å². The third-order valence-electron chi connectivity index (χ3n) is 6.34. The second kappa shape index (κ2) is 18.2. The number of carbonyl (C=O) groups excluding carboxylic acids is 5. The van der Waals surface area contributed by atoms with Crippen LogP contribution in [0.25, 0.3) is 0 Å². The molecule has 3 atom stereocenters. The highest BCUT2D eigenvalue weighted by Gasteiger charge is 2.27. The number of ether oxygens (including phenoxy) is 2. The monoisotopic (exact) mass is 596 g/mol. The standard InChI is InChI=1S/C32H44N4O7/c1-21(2)16-26(35-31(40)42-19-24-12-8-6-9-13-24)29(38)33-18-28(37)23(5)34-30(39)27(17-22(3)4)36-32(41)43-20-25-14-10-7-11-15-25/h6-15,21-23,26-27H,16-20H2,1-5H3,(H,33,38)(H,34,39)(H,35,40)(H,36,41)/t23-,26+,27+/m1/s1. The Kier molecular flexibility index (Phi) is 14.7. The van der Waals surface area contributed by atoms with Crippen molar-refractivity contribution in [2.24, 2.45) is 11.8 Å². The topological polar surface area (TPSA) is 152 Å². The molecule has 11 nitrogen and oxygen atoms in total. The SMILES string of the molecule is CC(C)C[C@H](NC(=O)OCc1ccccc1)C(=O)NCC(=O)[C@@H](C)NC(=O)[C@H](CC(C)C)NC(=O)OCc1ccccc1. The number of hydrogen-bond acceptors (Lipinski definition) is 7. The molecule has 0 aliphatic rings. The van der Waals surface area contributed by atoms with Crippen LogP contribution in [0.1, 0.15) is 58.6 Å². The van der Waals surface area contributed by atoms with Gasteiger partial charge in [0.1, 0.15) is 25.3 Å². The zero-order valence-corrected chi connectivity index (χ0v) is 25.6. The van der Waals surface area contributed by atoms with Crippen LogP contribution in [0.5, 0.6) is 0 Å². The predicted octanol–water partition coefficient (Wildman–Crippen LogP) is 3.86. The number of alkyl carbamates (subject to hydrolysis) is 2. The Labute approximate surface area is 253 Å². The molecule has 11 heteroatoms. The first-order valence-electron chi connectivity index (χ1n) is 14.5. The minimum Gasteiger partial charge on any atom is -0.445 e. The Balaban J connectivity index is 1.87. The third-order valence-corrected chi connectivity index (χ3v) is 6.34. The molecule has 2 rings (SSSR count). The van der Waals surface area contributed by atoms with E-state index in [1.165, 1.54) is 6.92 Å². The van der Waals surface area contributed by atoms with Crippen molar-refractivity contribution in [1.82, 2.24) is 21.3 Å². The normalized spacial score (nSPS) is 12.9. The highest BCUT2D eigenvalue weighted by molar-refractivity contribution is 5.95. The van der Waals surface area contributed by atoms with Crippen molar-refractivity contribution in [2.45, 2.75) is 78.8 Å². The Bertz CT molecular complexity index is 1190. The number of nitrogens with one attached hydrogen (secondary N) is 4. The maximum atomic E-state index is 13.0. The lowest BCUT2D eigenvalue weighted by molar-refractivity contribution is -0.130. The number of hydrogen-bond donors (Lipinski definition) is 4. The second-order valence-electron chi connectivity index (χ2n) is 11.2. The maximum Gasteiger partial charge on any atom is 0.408 e. The summed E-state index contributed by atoms with van der Waals surface area (Å²) in [4.78, 5) is 63.3. The molecule has 0 aliphatic heterocycles. The lowest BCUT2D eigenvalue weighted by atomic mass is 10.0. The first kappa shape index (κ1) is 34.8. The molecular formula is C32H44N4O7. The van der Waals surface area contributed by atoms with Crippen molar-refractivity contribution in [1.29, 1.82) is 0 Å². The Morgan fingerprint density at radius 1 is 0.605 bits per heavy atom. The van der Waals surface area contributed by atoms with Gasteiger partial charge in [-0.05, 0) is 42.7 Å². The molecule has 0 aliphatic carbocycles. The fourth-order valence-corrected chi connectivity index (χ4v) is 4.06. The molecular weight excluding hydrogens is 552 g/mol. The van der Waals surface area contributed by atoms with E-state index in [1.807, 2.05) is 88.4 Å². The van der Waals surface area contributed by atoms with Gasteiger partial charge in [0.25, 0.3) is 0 Å². The molecule has 0 saturated carbocycles. The van der Waals surface area contributed by atoms with Gasteiger partial charge in [0.05, 0.1) is 12.6 Å². The highest BCUT2D eigenvalue weighted by atomic mass is 16.6. The first-order valence-corrected chi connectivity index (χ1v) is 14.5. The van der Waals surface area contributed by atoms with Gasteiger partial charge in [-0.3, -0.25) is 14.4 Å². The van der Waals surface area contributed by atoms with Crippen molar-refractivity contribution in [3.8, 4) is 0 Å². The van der Waals surface area contributed by atoms with E-state index in [-0.39, 0.29) is 31.6 Å². The van der Waals surface area contributed by atoms with E-state index < -0.39 is 47.9 Å². The predicted molar refractivity (Wildman–Crippen MR) is 162 cm³/mol. The number of carbonyl (C=O) groups is 5. The fraction of sp³-hybridized carbons (Fsp3) is 0.469. The molecule has 0 spiro atoms. The molecule has 43 heavy (non-hydrogen) atoms. The van der Waals surface area contributed by atoms with E-state index in [0.717, 1.165) is 11.1 Å². The van der Waals surface area contributed by atoms with Gasteiger partial charge in [-0.15, -0.1) is 0 Å². The van der Waals surface area contributed by atoms with E-state index in [0.29, 0.717) is 12.8 Å². The van der Waals surface area contributed by atoms with Gasteiger partial charge in [-0.2, -0.15) is 0 Å². The smallest absolute Gasteiger partial charge is 0.408 e. The highest BCUT2D eigenvalue weighted by Crippen LogP contribution is 2.09. The molecule has 0 heterocycles. The van der Waals surface area contributed by atoms with Crippen molar-refractivity contribution in [3.05, 3.63) is 71.8 Å². The summed E-state index contributed by atoms with van der Waals surface area (Å²) >= 11 is 0. The molecule has 0 unspecified atom stereocenters. The van der Waals surface area contributed by atoms with Crippen molar-refractivity contribution < 1.29 is 33.4 Å². The lowest BCUT2D eigenvalue weighted by Gasteiger charge is -2.23. The number of benzene rings is 2. The molecule has 2 aromatic rings. The second-order valence-corrected chi connectivity index (χ2v) is 11.2.